The van der Waals surface area contributed by atoms with Gasteiger partial charge in [-0.15, -0.1) is 0 Å². The maximum atomic E-state index is 15.3. The lowest BCUT2D eigenvalue weighted by atomic mass is 9.71. The molecule has 3 aromatic rings. The van der Waals surface area contributed by atoms with Gasteiger partial charge in [-0.3, -0.25) is 0 Å². The van der Waals surface area contributed by atoms with Gasteiger partial charge in [-0.25, -0.2) is 8.78 Å². The molecule has 0 N–H and O–H groups in total. The lowest BCUT2D eigenvalue weighted by molar-refractivity contribution is 0.212. The van der Waals surface area contributed by atoms with Crippen LogP contribution in [0.5, 0.6) is 5.75 Å². The average Bonchev–Trinajstić information content (AvgIpc) is 2.99. The van der Waals surface area contributed by atoms with E-state index >= 15 is 4.39 Å². The minimum Gasteiger partial charge on any atom is -0.486 e. The summed E-state index contributed by atoms with van der Waals surface area (Å²) in [7, 11) is 0. The molecule has 2 aliphatic rings. The third-order valence-corrected chi connectivity index (χ3v) is 8.65. The van der Waals surface area contributed by atoms with Crippen molar-refractivity contribution >= 4 is 5.57 Å². The standard InChI is InChI=1S/C36H37F3O/c1-3-5-24-6-8-25(9-7-24)26-10-12-27(13-11-26)30-18-19-31(33(37)23-30)28-14-16-29(17-15-28)32-20-21-34(40-22-4-2)36(39)35(32)38/h3-5,12,14-21,23-26H,2,6-11,13,22H2,1H3. The molecule has 0 spiro atoms. The molecular weight excluding hydrogens is 505 g/mol. The first kappa shape index (κ1) is 28.0. The van der Waals surface area contributed by atoms with Crippen LogP contribution in [-0.2, 0) is 0 Å². The van der Waals surface area contributed by atoms with E-state index < -0.39 is 11.6 Å². The Balaban J connectivity index is 1.25. The fourth-order valence-electron chi connectivity index (χ4n) is 6.42. The van der Waals surface area contributed by atoms with Crippen molar-refractivity contribution in [1.29, 1.82) is 0 Å². The van der Waals surface area contributed by atoms with Gasteiger partial charge in [0.15, 0.2) is 11.6 Å². The van der Waals surface area contributed by atoms with Crippen LogP contribution in [0.25, 0.3) is 27.8 Å². The Kier molecular flexibility index (Phi) is 8.94. The molecule has 2 aliphatic carbocycles. The van der Waals surface area contributed by atoms with Crippen LogP contribution in [0, 0.1) is 35.2 Å². The van der Waals surface area contributed by atoms with E-state index in [0.29, 0.717) is 16.7 Å². The SMILES string of the molecule is C=CCOc1ccc(-c2ccc(-c3ccc(C4=CCC(C5CCC(C=CC)CC5)CC4)cc3F)cc2)c(F)c1F. The highest BCUT2D eigenvalue weighted by atomic mass is 19.2. The van der Waals surface area contributed by atoms with Crippen molar-refractivity contribution in [1.82, 2.24) is 0 Å². The van der Waals surface area contributed by atoms with Crippen molar-refractivity contribution < 1.29 is 17.9 Å². The van der Waals surface area contributed by atoms with Crippen LogP contribution in [0.3, 0.4) is 0 Å². The average molecular weight is 543 g/mol. The minimum absolute atomic E-state index is 0.0880. The van der Waals surface area contributed by atoms with Gasteiger partial charge < -0.3 is 4.74 Å². The second-order valence-electron chi connectivity index (χ2n) is 11.1. The van der Waals surface area contributed by atoms with Gasteiger partial charge >= 0.3 is 0 Å². The van der Waals surface area contributed by atoms with Crippen molar-refractivity contribution in [3.05, 3.63) is 108 Å². The predicted octanol–water partition coefficient (Wildman–Crippen LogP) is 10.6. The van der Waals surface area contributed by atoms with E-state index in [0.717, 1.165) is 36.2 Å². The highest BCUT2D eigenvalue weighted by molar-refractivity contribution is 5.74. The molecule has 1 nitrogen and oxygen atoms in total. The van der Waals surface area contributed by atoms with Crippen molar-refractivity contribution in [2.24, 2.45) is 17.8 Å². The molecular formula is C36H37F3O. The molecule has 1 saturated carbocycles. The van der Waals surface area contributed by atoms with Gasteiger partial charge in [0.25, 0.3) is 0 Å². The van der Waals surface area contributed by atoms with E-state index in [1.54, 1.807) is 30.3 Å². The molecule has 3 aromatic carbocycles. The van der Waals surface area contributed by atoms with Gasteiger partial charge in [0, 0.05) is 11.1 Å². The largest absolute Gasteiger partial charge is 0.486 e. The van der Waals surface area contributed by atoms with E-state index in [1.807, 2.05) is 12.1 Å². The molecule has 0 heterocycles. The van der Waals surface area contributed by atoms with Crippen LogP contribution in [0.4, 0.5) is 13.2 Å². The van der Waals surface area contributed by atoms with Crippen molar-refractivity contribution in [3.8, 4) is 28.0 Å². The van der Waals surface area contributed by atoms with E-state index in [9.17, 15) is 8.78 Å². The Labute approximate surface area is 236 Å². The van der Waals surface area contributed by atoms with Gasteiger partial charge in [0.1, 0.15) is 12.4 Å². The number of hydrogen-bond acceptors (Lipinski definition) is 1. The summed E-state index contributed by atoms with van der Waals surface area (Å²) in [5.74, 6) is -0.138. The third-order valence-electron chi connectivity index (χ3n) is 8.65. The summed E-state index contributed by atoms with van der Waals surface area (Å²) < 4.78 is 49.6. The number of ether oxygens (including phenoxy) is 1. The Morgan fingerprint density at radius 1 is 0.800 bits per heavy atom. The molecule has 0 bridgehead atoms. The van der Waals surface area contributed by atoms with Gasteiger partial charge in [0.2, 0.25) is 5.82 Å². The van der Waals surface area contributed by atoms with Crippen LogP contribution in [0.1, 0.15) is 57.4 Å². The molecule has 0 amide bonds. The Morgan fingerprint density at radius 2 is 1.48 bits per heavy atom. The summed E-state index contributed by atoms with van der Waals surface area (Å²) >= 11 is 0. The molecule has 1 fully saturated rings. The lowest BCUT2D eigenvalue weighted by Gasteiger charge is -2.34. The van der Waals surface area contributed by atoms with Crippen LogP contribution < -0.4 is 4.74 Å². The van der Waals surface area contributed by atoms with Crippen LogP contribution >= 0.6 is 0 Å². The first-order valence-corrected chi connectivity index (χ1v) is 14.4. The van der Waals surface area contributed by atoms with Gasteiger partial charge in [-0.2, -0.15) is 4.39 Å². The number of allylic oxidation sites excluding steroid dienone is 4. The van der Waals surface area contributed by atoms with E-state index in [1.165, 1.54) is 55.9 Å². The zero-order valence-electron chi connectivity index (χ0n) is 23.1. The molecule has 5 rings (SSSR count). The highest BCUT2D eigenvalue weighted by Gasteiger charge is 2.28. The molecule has 40 heavy (non-hydrogen) atoms. The summed E-state index contributed by atoms with van der Waals surface area (Å²) in [5, 5.41) is 0. The summed E-state index contributed by atoms with van der Waals surface area (Å²) in [5.41, 5.74) is 3.99. The highest BCUT2D eigenvalue weighted by Crippen LogP contribution is 2.42. The summed E-state index contributed by atoms with van der Waals surface area (Å²) in [6.45, 7) is 5.71. The number of rotatable bonds is 8. The first-order valence-electron chi connectivity index (χ1n) is 14.4. The van der Waals surface area contributed by atoms with Crippen LogP contribution in [0.2, 0.25) is 0 Å². The topological polar surface area (TPSA) is 9.23 Å². The fraction of sp³-hybridized carbons (Fsp3) is 0.333. The van der Waals surface area contributed by atoms with E-state index in [4.69, 9.17) is 4.74 Å². The monoisotopic (exact) mass is 542 g/mol. The number of benzene rings is 3. The quantitative estimate of drug-likeness (QED) is 0.257. The zero-order valence-corrected chi connectivity index (χ0v) is 23.1. The third kappa shape index (κ3) is 6.11. The molecule has 0 aromatic heterocycles. The van der Waals surface area contributed by atoms with Gasteiger partial charge in [0.05, 0.1) is 0 Å². The predicted molar refractivity (Wildman–Crippen MR) is 158 cm³/mol. The molecule has 0 saturated heterocycles. The summed E-state index contributed by atoms with van der Waals surface area (Å²) in [6, 6.07) is 15.2. The minimum atomic E-state index is -1.04. The molecule has 4 heteroatoms. The van der Waals surface area contributed by atoms with Crippen LogP contribution in [-0.4, -0.2) is 6.61 Å². The normalized spacial score (nSPS) is 21.3. The van der Waals surface area contributed by atoms with Crippen LogP contribution in [0.15, 0.2) is 85.5 Å². The second-order valence-corrected chi connectivity index (χ2v) is 11.1. The Bertz CT molecular complexity index is 1390. The molecule has 1 atom stereocenters. The number of halogens is 3. The van der Waals surface area contributed by atoms with Crippen molar-refractivity contribution in [2.75, 3.05) is 6.61 Å². The number of hydrogen-bond donors (Lipinski definition) is 0. The zero-order chi connectivity index (χ0) is 28.1. The van der Waals surface area contributed by atoms with Crippen molar-refractivity contribution in [3.63, 3.8) is 0 Å². The smallest absolute Gasteiger partial charge is 0.201 e. The maximum Gasteiger partial charge on any atom is 0.201 e. The maximum absolute atomic E-state index is 15.3. The summed E-state index contributed by atoms with van der Waals surface area (Å²) in [6.07, 6.45) is 16.8. The Morgan fingerprint density at radius 3 is 2.10 bits per heavy atom. The second kappa shape index (κ2) is 12.8. The molecule has 208 valence electrons. The fourth-order valence-corrected chi connectivity index (χ4v) is 6.42. The van der Waals surface area contributed by atoms with Crippen molar-refractivity contribution in [2.45, 2.75) is 51.9 Å². The summed E-state index contributed by atoms with van der Waals surface area (Å²) in [4.78, 5) is 0. The van der Waals surface area contributed by atoms with E-state index in [2.05, 4.69) is 31.7 Å². The molecule has 1 unspecified atom stereocenters. The lowest BCUT2D eigenvalue weighted by Crippen LogP contribution is -2.22. The molecule has 0 radical (unpaired) electrons. The first-order chi connectivity index (χ1) is 19.5. The van der Waals surface area contributed by atoms with Gasteiger partial charge in [-0.05, 0) is 110 Å². The van der Waals surface area contributed by atoms with E-state index in [-0.39, 0.29) is 23.7 Å². The van der Waals surface area contributed by atoms with Gasteiger partial charge in [-0.1, -0.05) is 67.3 Å². The molecule has 0 aliphatic heterocycles. The Hall–Kier alpha value is -3.53.